The minimum absolute atomic E-state index is 0.189. The number of nitrogens with one attached hydrogen (secondary N) is 1. The van der Waals surface area contributed by atoms with Gasteiger partial charge >= 0.3 is 0 Å². The summed E-state index contributed by atoms with van der Waals surface area (Å²) in [6.45, 7) is 4.70. The second-order valence-corrected chi connectivity index (χ2v) is 1.74. The van der Waals surface area contributed by atoms with Crippen LogP contribution in [0.3, 0.4) is 0 Å². The molecule has 0 spiro atoms. The minimum Gasteiger partial charge on any atom is -0.306 e. The molecule has 0 aromatic rings. The van der Waals surface area contributed by atoms with E-state index in [9.17, 15) is 4.79 Å². The molecule has 0 aromatic carbocycles. The van der Waals surface area contributed by atoms with Gasteiger partial charge in [0.05, 0.1) is 0 Å². The lowest BCUT2D eigenvalue weighted by atomic mass is 10.7. The SMILES string of the molecule is C=C/N=C(\S)NC(C)=O. The molecule has 0 atom stereocenters. The molecule has 0 bridgehead atoms. The normalized spacial score (nSPS) is 10.7. The lowest BCUT2D eigenvalue weighted by molar-refractivity contribution is -0.117. The third-order valence-electron chi connectivity index (χ3n) is 0.501. The van der Waals surface area contributed by atoms with E-state index in [1.165, 1.54) is 13.1 Å². The Morgan fingerprint density at radius 2 is 2.44 bits per heavy atom. The Hall–Kier alpha value is -0.770. The van der Waals surface area contributed by atoms with Crippen molar-refractivity contribution < 1.29 is 4.79 Å². The maximum atomic E-state index is 10.3. The summed E-state index contributed by atoms with van der Waals surface area (Å²) in [6.07, 6.45) is 1.30. The number of amides is 1. The Balaban J connectivity index is 3.75. The summed E-state index contributed by atoms with van der Waals surface area (Å²) in [6, 6.07) is 0. The quantitative estimate of drug-likeness (QED) is 0.315. The number of rotatable bonds is 1. The van der Waals surface area contributed by atoms with E-state index in [4.69, 9.17) is 0 Å². The molecule has 0 aliphatic carbocycles. The maximum Gasteiger partial charge on any atom is 0.222 e. The van der Waals surface area contributed by atoms with E-state index in [0.717, 1.165) is 0 Å². The second kappa shape index (κ2) is 4.14. The number of carbonyl (C=O) groups excluding carboxylic acids is 1. The number of thiol groups is 1. The summed E-state index contributed by atoms with van der Waals surface area (Å²) in [5, 5.41) is 2.61. The van der Waals surface area contributed by atoms with E-state index in [-0.39, 0.29) is 11.1 Å². The first-order chi connectivity index (χ1) is 4.16. The lowest BCUT2D eigenvalue weighted by Gasteiger charge is -1.94. The van der Waals surface area contributed by atoms with Gasteiger partial charge < -0.3 is 5.32 Å². The van der Waals surface area contributed by atoms with Crippen LogP contribution in [-0.2, 0) is 4.79 Å². The molecule has 0 saturated heterocycles. The van der Waals surface area contributed by atoms with Crippen molar-refractivity contribution >= 4 is 23.7 Å². The van der Waals surface area contributed by atoms with Gasteiger partial charge in [-0.25, -0.2) is 4.99 Å². The third kappa shape index (κ3) is 5.10. The molecule has 0 rings (SSSR count). The molecule has 3 nitrogen and oxygen atoms in total. The topological polar surface area (TPSA) is 41.5 Å². The molecule has 1 N–H and O–H groups in total. The van der Waals surface area contributed by atoms with Crippen molar-refractivity contribution in [3.05, 3.63) is 12.8 Å². The van der Waals surface area contributed by atoms with E-state index in [2.05, 4.69) is 29.5 Å². The van der Waals surface area contributed by atoms with Gasteiger partial charge in [0, 0.05) is 13.1 Å². The van der Waals surface area contributed by atoms with E-state index < -0.39 is 0 Å². The number of carbonyl (C=O) groups is 1. The van der Waals surface area contributed by atoms with Crippen molar-refractivity contribution in [2.24, 2.45) is 4.99 Å². The summed E-state index contributed by atoms with van der Waals surface area (Å²) >= 11 is 3.80. The molecule has 0 aromatic heterocycles. The zero-order chi connectivity index (χ0) is 7.28. The van der Waals surface area contributed by atoms with Crippen molar-refractivity contribution in [1.82, 2.24) is 5.32 Å². The Morgan fingerprint density at radius 3 is 2.78 bits per heavy atom. The van der Waals surface area contributed by atoms with Gasteiger partial charge in [0.15, 0.2) is 5.17 Å². The predicted octanol–water partition coefficient (Wildman–Crippen LogP) is 0.552. The van der Waals surface area contributed by atoms with Crippen LogP contribution in [0, 0.1) is 0 Å². The lowest BCUT2D eigenvalue weighted by Crippen LogP contribution is -2.23. The van der Waals surface area contributed by atoms with Crippen LogP contribution in [0.25, 0.3) is 0 Å². The van der Waals surface area contributed by atoms with Crippen LogP contribution in [0.4, 0.5) is 0 Å². The van der Waals surface area contributed by atoms with Gasteiger partial charge in [-0.15, -0.1) is 12.6 Å². The van der Waals surface area contributed by atoms with E-state index in [1.54, 1.807) is 0 Å². The van der Waals surface area contributed by atoms with Crippen molar-refractivity contribution in [3.63, 3.8) is 0 Å². The van der Waals surface area contributed by atoms with Crippen molar-refractivity contribution in [1.29, 1.82) is 0 Å². The van der Waals surface area contributed by atoms with Gasteiger partial charge in [-0.1, -0.05) is 6.58 Å². The fourth-order valence-electron chi connectivity index (χ4n) is 0.276. The standard InChI is InChI=1S/C5H8N2OS/c1-3-6-5(9)7-4(2)8/h3H,1H2,2H3,(H2,6,7,8,9). The molecule has 0 fully saturated rings. The van der Waals surface area contributed by atoms with Crippen LogP contribution in [0.5, 0.6) is 0 Å². The number of hydrogen-bond acceptors (Lipinski definition) is 2. The van der Waals surface area contributed by atoms with Crippen LogP contribution in [0.15, 0.2) is 17.8 Å². The maximum absolute atomic E-state index is 10.3. The number of aliphatic imine (C=N–C) groups is 1. The number of hydrogen-bond donors (Lipinski definition) is 2. The van der Waals surface area contributed by atoms with Gasteiger partial charge in [-0.3, -0.25) is 4.79 Å². The first-order valence-electron chi connectivity index (χ1n) is 2.32. The van der Waals surface area contributed by atoms with E-state index >= 15 is 0 Å². The molecule has 0 radical (unpaired) electrons. The summed E-state index contributed by atoms with van der Waals surface area (Å²) < 4.78 is 0. The molecule has 50 valence electrons. The largest absolute Gasteiger partial charge is 0.306 e. The fourth-order valence-corrected chi connectivity index (χ4v) is 0.515. The first kappa shape index (κ1) is 8.23. The monoisotopic (exact) mass is 144 g/mol. The summed E-state index contributed by atoms with van der Waals surface area (Å²) in [5.41, 5.74) is 0. The highest BCUT2D eigenvalue weighted by Gasteiger charge is 1.90. The fraction of sp³-hybridized carbons (Fsp3) is 0.200. The Bertz CT molecular complexity index is 153. The second-order valence-electron chi connectivity index (χ2n) is 1.32. The summed E-state index contributed by atoms with van der Waals surface area (Å²) in [4.78, 5) is 13.8. The number of amidine groups is 1. The van der Waals surface area contributed by atoms with Crippen molar-refractivity contribution in [3.8, 4) is 0 Å². The van der Waals surface area contributed by atoms with Gasteiger partial charge in [0.25, 0.3) is 0 Å². The molecule has 0 aliphatic heterocycles. The first-order valence-corrected chi connectivity index (χ1v) is 2.76. The van der Waals surface area contributed by atoms with Crippen LogP contribution < -0.4 is 5.32 Å². The smallest absolute Gasteiger partial charge is 0.222 e. The van der Waals surface area contributed by atoms with E-state index in [1.807, 2.05) is 0 Å². The highest BCUT2D eigenvalue weighted by atomic mass is 32.1. The molecule has 1 amide bonds. The molecule has 9 heavy (non-hydrogen) atoms. The van der Waals surface area contributed by atoms with Gasteiger partial charge in [0.1, 0.15) is 0 Å². The molecule has 0 aliphatic rings. The molecule has 0 saturated carbocycles. The summed E-state index contributed by atoms with van der Waals surface area (Å²) in [7, 11) is 0. The number of nitrogens with zero attached hydrogens (tertiary/aromatic N) is 1. The highest BCUT2D eigenvalue weighted by Crippen LogP contribution is 1.79. The van der Waals surface area contributed by atoms with Gasteiger partial charge in [-0.05, 0) is 0 Å². The van der Waals surface area contributed by atoms with Crippen LogP contribution in [0.1, 0.15) is 6.92 Å². The molecular formula is C5H8N2OS. The van der Waals surface area contributed by atoms with Crippen LogP contribution >= 0.6 is 12.6 Å². The third-order valence-corrected chi connectivity index (χ3v) is 0.729. The molecule has 0 heterocycles. The van der Waals surface area contributed by atoms with Crippen LogP contribution in [-0.4, -0.2) is 11.1 Å². The zero-order valence-corrected chi connectivity index (χ0v) is 5.98. The Kier molecular flexibility index (Phi) is 3.79. The molecule has 0 unspecified atom stereocenters. The molecule has 4 heteroatoms. The van der Waals surface area contributed by atoms with Crippen molar-refractivity contribution in [2.45, 2.75) is 6.92 Å². The van der Waals surface area contributed by atoms with Crippen LogP contribution in [0.2, 0.25) is 0 Å². The Morgan fingerprint density at radius 1 is 1.89 bits per heavy atom. The summed E-state index contributed by atoms with van der Waals surface area (Å²) in [5.74, 6) is -0.189. The molecular weight excluding hydrogens is 136 g/mol. The van der Waals surface area contributed by atoms with Crippen molar-refractivity contribution in [2.75, 3.05) is 0 Å². The highest BCUT2D eigenvalue weighted by molar-refractivity contribution is 7.96. The van der Waals surface area contributed by atoms with E-state index in [0.29, 0.717) is 0 Å². The minimum atomic E-state index is -0.189. The average molecular weight is 144 g/mol. The Labute approximate surface area is 59.3 Å². The predicted molar refractivity (Wildman–Crippen MR) is 40.4 cm³/mol. The van der Waals surface area contributed by atoms with Gasteiger partial charge in [0.2, 0.25) is 5.91 Å². The average Bonchev–Trinajstić information content (AvgIpc) is 1.63. The van der Waals surface area contributed by atoms with Gasteiger partial charge in [-0.2, -0.15) is 0 Å². The zero-order valence-electron chi connectivity index (χ0n) is 5.09.